The van der Waals surface area contributed by atoms with E-state index in [1.54, 1.807) is 18.3 Å². The van der Waals surface area contributed by atoms with Crippen LogP contribution in [0.1, 0.15) is 22.8 Å². The molecule has 2 N–H and O–H groups in total. The Hall–Kier alpha value is -3.05. The second-order valence-electron chi connectivity index (χ2n) is 5.79. The van der Waals surface area contributed by atoms with Crippen LogP contribution < -0.4 is 15.4 Å². The van der Waals surface area contributed by atoms with Crippen LogP contribution >= 0.6 is 11.6 Å². The van der Waals surface area contributed by atoms with Gasteiger partial charge in [-0.1, -0.05) is 41.9 Å². The lowest BCUT2D eigenvalue weighted by molar-refractivity contribution is 0.102. The van der Waals surface area contributed by atoms with E-state index in [-0.39, 0.29) is 5.91 Å². The van der Waals surface area contributed by atoms with E-state index >= 15 is 0 Å². The van der Waals surface area contributed by atoms with E-state index in [0.717, 1.165) is 11.3 Å². The van der Waals surface area contributed by atoms with Crippen molar-refractivity contribution in [1.82, 2.24) is 4.98 Å². The van der Waals surface area contributed by atoms with Gasteiger partial charge in [0.05, 0.1) is 23.5 Å². The third-order valence-electron chi connectivity index (χ3n) is 3.88. The summed E-state index contributed by atoms with van der Waals surface area (Å²) in [7, 11) is 0. The van der Waals surface area contributed by atoms with Gasteiger partial charge in [0.25, 0.3) is 5.91 Å². The van der Waals surface area contributed by atoms with E-state index in [2.05, 4.69) is 15.6 Å². The Kier molecular flexibility index (Phi) is 6.28. The lowest BCUT2D eigenvalue weighted by atomic mass is 10.2. The number of rotatable bonds is 7. The molecule has 1 aromatic heterocycles. The van der Waals surface area contributed by atoms with Gasteiger partial charge in [0.2, 0.25) is 0 Å². The zero-order valence-electron chi connectivity index (χ0n) is 14.9. The van der Waals surface area contributed by atoms with Crippen molar-refractivity contribution in [3.8, 4) is 5.75 Å². The molecule has 0 atom stereocenters. The molecule has 0 bridgehead atoms. The standard InChI is InChI=1S/C21H20ClN3O2/c1-2-27-20-10-6-5-9-19(20)25-21(26)16-11-17(14-23-12-16)24-13-15-7-3-4-8-18(15)22/h3-12,14,24H,2,13H2,1H3,(H,25,26). The van der Waals surface area contributed by atoms with Crippen LogP contribution in [-0.2, 0) is 6.54 Å². The lowest BCUT2D eigenvalue weighted by Gasteiger charge is -2.12. The van der Waals surface area contributed by atoms with Crippen molar-refractivity contribution >= 4 is 28.9 Å². The van der Waals surface area contributed by atoms with Crippen molar-refractivity contribution in [2.24, 2.45) is 0 Å². The predicted octanol–water partition coefficient (Wildman–Crippen LogP) is 5.00. The molecular weight excluding hydrogens is 362 g/mol. The van der Waals surface area contributed by atoms with E-state index in [1.165, 1.54) is 6.20 Å². The van der Waals surface area contributed by atoms with Crippen LogP contribution in [0.3, 0.4) is 0 Å². The molecule has 0 saturated carbocycles. The molecule has 6 heteroatoms. The summed E-state index contributed by atoms with van der Waals surface area (Å²) >= 11 is 6.17. The van der Waals surface area contributed by atoms with Gasteiger partial charge in [0.15, 0.2) is 0 Å². The summed E-state index contributed by atoms with van der Waals surface area (Å²) in [5.74, 6) is 0.380. The number of para-hydroxylation sites is 2. The Balaban J connectivity index is 1.70. The van der Waals surface area contributed by atoms with E-state index in [4.69, 9.17) is 16.3 Å². The molecule has 0 fully saturated rings. The van der Waals surface area contributed by atoms with Gasteiger partial charge in [-0.05, 0) is 36.8 Å². The van der Waals surface area contributed by atoms with Gasteiger partial charge in [-0.2, -0.15) is 0 Å². The molecular formula is C21H20ClN3O2. The molecule has 0 aliphatic carbocycles. The van der Waals surface area contributed by atoms with Crippen LogP contribution in [0.15, 0.2) is 67.0 Å². The second kappa shape index (κ2) is 9.05. The fourth-order valence-corrected chi connectivity index (χ4v) is 2.75. The first-order valence-electron chi connectivity index (χ1n) is 8.63. The van der Waals surface area contributed by atoms with Crippen LogP contribution in [-0.4, -0.2) is 17.5 Å². The number of hydrogen-bond acceptors (Lipinski definition) is 4. The fraction of sp³-hybridized carbons (Fsp3) is 0.143. The summed E-state index contributed by atoms with van der Waals surface area (Å²) in [5, 5.41) is 6.80. The molecule has 27 heavy (non-hydrogen) atoms. The predicted molar refractivity (Wildman–Crippen MR) is 109 cm³/mol. The van der Waals surface area contributed by atoms with Crippen molar-refractivity contribution in [3.05, 3.63) is 83.1 Å². The SMILES string of the molecule is CCOc1ccccc1NC(=O)c1cncc(NCc2ccccc2Cl)c1. The molecule has 3 aromatic rings. The third kappa shape index (κ3) is 4.99. The van der Waals surface area contributed by atoms with Gasteiger partial charge in [0, 0.05) is 24.0 Å². The number of benzene rings is 2. The molecule has 3 rings (SSSR count). The fourth-order valence-electron chi connectivity index (χ4n) is 2.55. The quantitative estimate of drug-likeness (QED) is 0.604. The van der Waals surface area contributed by atoms with Crippen molar-refractivity contribution in [3.63, 3.8) is 0 Å². The molecule has 2 aromatic carbocycles. The Morgan fingerprint density at radius 2 is 1.89 bits per heavy atom. The average molecular weight is 382 g/mol. The van der Waals surface area contributed by atoms with Crippen LogP contribution in [0.4, 0.5) is 11.4 Å². The lowest BCUT2D eigenvalue weighted by Crippen LogP contribution is -2.13. The first-order valence-corrected chi connectivity index (χ1v) is 9.00. The highest BCUT2D eigenvalue weighted by Gasteiger charge is 2.11. The van der Waals surface area contributed by atoms with Crippen molar-refractivity contribution in [2.45, 2.75) is 13.5 Å². The second-order valence-corrected chi connectivity index (χ2v) is 6.20. The van der Waals surface area contributed by atoms with Gasteiger partial charge in [-0.25, -0.2) is 0 Å². The first-order chi connectivity index (χ1) is 13.2. The van der Waals surface area contributed by atoms with Gasteiger partial charge in [0.1, 0.15) is 5.75 Å². The number of anilines is 2. The summed E-state index contributed by atoms with van der Waals surface area (Å²) in [6, 6.07) is 16.7. The van der Waals surface area contributed by atoms with Crippen LogP contribution in [0.2, 0.25) is 5.02 Å². The first kappa shape index (κ1) is 18.7. The minimum Gasteiger partial charge on any atom is -0.492 e. The number of nitrogens with one attached hydrogen (secondary N) is 2. The topological polar surface area (TPSA) is 63.2 Å². The number of carbonyl (C=O) groups is 1. The molecule has 0 radical (unpaired) electrons. The van der Waals surface area contributed by atoms with E-state index in [0.29, 0.717) is 35.2 Å². The molecule has 0 unspecified atom stereocenters. The van der Waals surface area contributed by atoms with E-state index in [9.17, 15) is 4.79 Å². The molecule has 5 nitrogen and oxygen atoms in total. The minimum absolute atomic E-state index is 0.254. The number of carbonyl (C=O) groups excluding carboxylic acids is 1. The van der Waals surface area contributed by atoms with Gasteiger partial charge in [-0.15, -0.1) is 0 Å². The maximum Gasteiger partial charge on any atom is 0.257 e. The Morgan fingerprint density at radius 1 is 1.11 bits per heavy atom. The van der Waals surface area contributed by atoms with Crippen molar-refractivity contribution in [1.29, 1.82) is 0 Å². The maximum atomic E-state index is 12.6. The Morgan fingerprint density at radius 3 is 2.70 bits per heavy atom. The summed E-state index contributed by atoms with van der Waals surface area (Å²) < 4.78 is 5.54. The molecule has 0 saturated heterocycles. The smallest absolute Gasteiger partial charge is 0.257 e. The minimum atomic E-state index is -0.254. The summed E-state index contributed by atoms with van der Waals surface area (Å²) in [6.07, 6.45) is 3.20. The molecule has 0 aliphatic rings. The third-order valence-corrected chi connectivity index (χ3v) is 4.25. The van der Waals surface area contributed by atoms with Crippen molar-refractivity contribution < 1.29 is 9.53 Å². The number of aromatic nitrogens is 1. The van der Waals surface area contributed by atoms with E-state index in [1.807, 2.05) is 49.4 Å². The highest BCUT2D eigenvalue weighted by Crippen LogP contribution is 2.24. The van der Waals surface area contributed by atoms with Gasteiger partial charge < -0.3 is 15.4 Å². The monoisotopic (exact) mass is 381 g/mol. The van der Waals surface area contributed by atoms with Crippen LogP contribution in [0.5, 0.6) is 5.75 Å². The number of nitrogens with zero attached hydrogens (tertiary/aromatic N) is 1. The van der Waals surface area contributed by atoms with Crippen molar-refractivity contribution in [2.75, 3.05) is 17.2 Å². The molecule has 138 valence electrons. The Bertz CT molecular complexity index is 931. The summed E-state index contributed by atoms with van der Waals surface area (Å²) in [6.45, 7) is 2.96. The zero-order valence-corrected chi connectivity index (χ0v) is 15.7. The van der Waals surface area contributed by atoms with Crippen LogP contribution in [0.25, 0.3) is 0 Å². The van der Waals surface area contributed by atoms with Gasteiger partial charge >= 0.3 is 0 Å². The highest BCUT2D eigenvalue weighted by atomic mass is 35.5. The normalized spacial score (nSPS) is 10.3. The molecule has 1 amide bonds. The zero-order chi connectivity index (χ0) is 19.1. The highest BCUT2D eigenvalue weighted by molar-refractivity contribution is 6.31. The number of halogens is 1. The molecule has 0 aliphatic heterocycles. The average Bonchev–Trinajstić information content (AvgIpc) is 2.69. The van der Waals surface area contributed by atoms with Crippen LogP contribution in [0, 0.1) is 0 Å². The number of ether oxygens (including phenoxy) is 1. The number of amides is 1. The van der Waals surface area contributed by atoms with Gasteiger partial charge in [-0.3, -0.25) is 9.78 Å². The maximum absolute atomic E-state index is 12.6. The number of pyridine rings is 1. The summed E-state index contributed by atoms with van der Waals surface area (Å²) in [4.78, 5) is 16.7. The largest absolute Gasteiger partial charge is 0.492 e. The molecule has 0 spiro atoms. The molecule has 1 heterocycles. The summed E-state index contributed by atoms with van der Waals surface area (Å²) in [5.41, 5.74) is 2.78. The Labute approximate surface area is 163 Å². The van der Waals surface area contributed by atoms with E-state index < -0.39 is 0 Å². The number of hydrogen-bond donors (Lipinski definition) is 2.